The molecule has 0 aromatic carbocycles. The number of nitrogens with two attached hydrogens (primary N) is 1. The summed E-state index contributed by atoms with van der Waals surface area (Å²) >= 11 is 0. The van der Waals surface area contributed by atoms with Crippen LogP contribution in [0.4, 0.5) is 0 Å². The lowest BCUT2D eigenvalue weighted by Crippen LogP contribution is -2.37. The summed E-state index contributed by atoms with van der Waals surface area (Å²) in [5.41, 5.74) is 4.09. The number of carbonyl (C=O) groups is 1. The molecule has 2 unspecified atom stereocenters. The summed E-state index contributed by atoms with van der Waals surface area (Å²) < 4.78 is 10.1. The van der Waals surface area contributed by atoms with Gasteiger partial charge in [0, 0.05) is 13.2 Å². The van der Waals surface area contributed by atoms with Gasteiger partial charge < -0.3 is 20.3 Å². The van der Waals surface area contributed by atoms with Gasteiger partial charge in [0.15, 0.2) is 0 Å². The van der Waals surface area contributed by atoms with Crippen LogP contribution in [0.5, 0.6) is 0 Å². The fourth-order valence-electron chi connectivity index (χ4n) is 0.967. The van der Waals surface area contributed by atoms with E-state index in [4.69, 9.17) is 15.2 Å². The predicted octanol–water partition coefficient (Wildman–Crippen LogP) is 0.0544. The lowest BCUT2D eigenvalue weighted by Gasteiger charge is -2.21. The van der Waals surface area contributed by atoms with Crippen LogP contribution in [0.3, 0.4) is 0 Å². The number of carbonyl (C=O) groups excluding carboxylic acids is 1. The van der Waals surface area contributed by atoms with E-state index in [-0.39, 0.29) is 19.1 Å². The molecular formula is C10H21NO4. The van der Waals surface area contributed by atoms with Crippen molar-refractivity contribution in [3.63, 3.8) is 0 Å². The third-order valence-corrected chi connectivity index (χ3v) is 1.85. The summed E-state index contributed by atoms with van der Waals surface area (Å²) in [6.07, 6.45) is -0.397. The molecule has 0 saturated carbocycles. The summed E-state index contributed by atoms with van der Waals surface area (Å²) in [5, 5.41) is 9.53. The maximum absolute atomic E-state index is 11.3. The van der Waals surface area contributed by atoms with Crippen LogP contribution in [-0.4, -0.2) is 42.5 Å². The molecule has 0 amide bonds. The first-order valence-electron chi connectivity index (χ1n) is 5.11. The Morgan fingerprint density at radius 3 is 2.67 bits per heavy atom. The fourth-order valence-corrected chi connectivity index (χ4v) is 0.967. The minimum Gasteiger partial charge on any atom is -0.460 e. The van der Waals surface area contributed by atoms with Gasteiger partial charge in [0.05, 0.1) is 18.6 Å². The first kappa shape index (κ1) is 14.3. The highest BCUT2D eigenvalue weighted by Gasteiger charge is 2.24. The van der Waals surface area contributed by atoms with Crippen molar-refractivity contribution in [1.82, 2.24) is 0 Å². The maximum atomic E-state index is 11.3. The molecule has 90 valence electrons. The number of aliphatic hydroxyl groups is 1. The molecule has 0 bridgehead atoms. The average Bonchev–Trinajstić information content (AvgIpc) is 2.13. The van der Waals surface area contributed by atoms with Gasteiger partial charge in [-0.2, -0.15) is 0 Å². The van der Waals surface area contributed by atoms with Crippen LogP contribution >= 0.6 is 0 Å². The number of hydrogen-bond donors (Lipinski definition) is 2. The highest BCUT2D eigenvalue weighted by atomic mass is 16.6. The summed E-state index contributed by atoms with van der Waals surface area (Å²) in [6, 6.07) is 0. The number of esters is 1. The summed E-state index contributed by atoms with van der Waals surface area (Å²) in [5.74, 6) is -0.461. The molecule has 5 heteroatoms. The Bertz CT molecular complexity index is 194. The quantitative estimate of drug-likeness (QED) is 0.591. The van der Waals surface area contributed by atoms with Crippen molar-refractivity contribution < 1.29 is 19.4 Å². The van der Waals surface area contributed by atoms with E-state index in [2.05, 4.69) is 0 Å². The Kier molecular flexibility index (Phi) is 6.47. The van der Waals surface area contributed by atoms with Crippen molar-refractivity contribution in [2.24, 2.45) is 5.73 Å². The average molecular weight is 219 g/mol. The molecule has 0 spiro atoms. The molecule has 0 aliphatic carbocycles. The second-order valence-corrected chi connectivity index (χ2v) is 3.84. The highest BCUT2D eigenvalue weighted by molar-refractivity contribution is 5.70. The minimum atomic E-state index is -1.19. The van der Waals surface area contributed by atoms with Gasteiger partial charge in [-0.05, 0) is 20.8 Å². The van der Waals surface area contributed by atoms with Crippen LogP contribution in [0.2, 0.25) is 0 Å². The Hall–Kier alpha value is -0.650. The minimum absolute atomic E-state index is 0.0297. The third-order valence-electron chi connectivity index (χ3n) is 1.85. The molecule has 0 aromatic heterocycles. The van der Waals surface area contributed by atoms with E-state index in [1.54, 1.807) is 6.92 Å². The van der Waals surface area contributed by atoms with E-state index in [0.717, 1.165) is 0 Å². The topological polar surface area (TPSA) is 81.8 Å². The molecule has 0 radical (unpaired) electrons. The van der Waals surface area contributed by atoms with Gasteiger partial charge in [-0.15, -0.1) is 0 Å². The van der Waals surface area contributed by atoms with Gasteiger partial charge in [-0.25, -0.2) is 0 Å². The zero-order valence-electron chi connectivity index (χ0n) is 9.66. The van der Waals surface area contributed by atoms with E-state index < -0.39 is 11.6 Å². The zero-order chi connectivity index (χ0) is 11.9. The number of hydrogen-bond acceptors (Lipinski definition) is 5. The fraction of sp³-hybridized carbons (Fsp3) is 0.900. The molecule has 3 N–H and O–H groups in total. The lowest BCUT2D eigenvalue weighted by molar-refractivity contribution is -0.155. The maximum Gasteiger partial charge on any atom is 0.309 e. The van der Waals surface area contributed by atoms with E-state index >= 15 is 0 Å². The number of rotatable bonds is 7. The van der Waals surface area contributed by atoms with Crippen molar-refractivity contribution >= 4 is 5.97 Å². The molecule has 0 aliphatic heterocycles. The van der Waals surface area contributed by atoms with Crippen molar-refractivity contribution in [1.29, 1.82) is 0 Å². The van der Waals surface area contributed by atoms with Crippen LogP contribution in [0.15, 0.2) is 0 Å². The van der Waals surface area contributed by atoms with Gasteiger partial charge in [0.25, 0.3) is 0 Å². The van der Waals surface area contributed by atoms with E-state index in [1.807, 2.05) is 6.92 Å². The molecule has 0 aliphatic rings. The lowest BCUT2D eigenvalue weighted by atomic mass is 10.0. The van der Waals surface area contributed by atoms with Crippen molar-refractivity contribution in [2.75, 3.05) is 19.8 Å². The molecule has 5 nitrogen and oxygen atoms in total. The van der Waals surface area contributed by atoms with Gasteiger partial charge >= 0.3 is 5.97 Å². The first-order valence-corrected chi connectivity index (χ1v) is 5.11. The summed E-state index contributed by atoms with van der Waals surface area (Å²) in [6.45, 7) is 6.09. The van der Waals surface area contributed by atoms with Gasteiger partial charge in [0.2, 0.25) is 0 Å². The van der Waals surface area contributed by atoms with Crippen LogP contribution < -0.4 is 5.73 Å². The first-order chi connectivity index (χ1) is 6.91. The van der Waals surface area contributed by atoms with Gasteiger partial charge in [-0.3, -0.25) is 4.79 Å². The third kappa shape index (κ3) is 7.30. The van der Waals surface area contributed by atoms with Crippen molar-refractivity contribution in [2.45, 2.75) is 38.9 Å². The summed E-state index contributed by atoms with van der Waals surface area (Å²) in [7, 11) is 0. The van der Waals surface area contributed by atoms with Crippen LogP contribution in [0.25, 0.3) is 0 Å². The van der Waals surface area contributed by atoms with Crippen molar-refractivity contribution in [3.05, 3.63) is 0 Å². The second-order valence-electron chi connectivity index (χ2n) is 3.84. The largest absolute Gasteiger partial charge is 0.460 e. The molecule has 0 rings (SSSR count). The Balaban J connectivity index is 3.83. The molecule has 0 saturated heterocycles. The molecule has 2 atom stereocenters. The second kappa shape index (κ2) is 6.76. The predicted molar refractivity (Wildman–Crippen MR) is 56.3 cm³/mol. The Morgan fingerprint density at radius 2 is 2.20 bits per heavy atom. The summed E-state index contributed by atoms with van der Waals surface area (Å²) in [4.78, 5) is 11.3. The Morgan fingerprint density at radius 1 is 1.60 bits per heavy atom. The SMILES string of the molecule is CCOCC(C)OC(=O)CC(C)(O)CN. The van der Waals surface area contributed by atoms with Gasteiger partial charge in [0.1, 0.15) is 6.10 Å². The Labute approximate surface area is 90.5 Å². The molecule has 0 aromatic rings. The normalized spacial score (nSPS) is 16.9. The van der Waals surface area contributed by atoms with E-state index in [0.29, 0.717) is 13.2 Å². The smallest absolute Gasteiger partial charge is 0.309 e. The van der Waals surface area contributed by atoms with Gasteiger partial charge in [-0.1, -0.05) is 0 Å². The molecular weight excluding hydrogens is 198 g/mol. The molecule has 0 fully saturated rings. The van der Waals surface area contributed by atoms with Crippen LogP contribution in [-0.2, 0) is 14.3 Å². The number of ether oxygens (including phenoxy) is 2. The molecule has 15 heavy (non-hydrogen) atoms. The van der Waals surface area contributed by atoms with Crippen LogP contribution in [0.1, 0.15) is 27.2 Å². The zero-order valence-corrected chi connectivity index (χ0v) is 9.66. The van der Waals surface area contributed by atoms with Crippen LogP contribution in [0, 0.1) is 0 Å². The van der Waals surface area contributed by atoms with E-state index in [1.165, 1.54) is 6.92 Å². The van der Waals surface area contributed by atoms with E-state index in [9.17, 15) is 9.90 Å². The standard InChI is InChI=1S/C10H21NO4/c1-4-14-6-8(2)15-9(12)5-10(3,13)7-11/h8,13H,4-7,11H2,1-3H3. The molecule has 0 heterocycles. The monoisotopic (exact) mass is 219 g/mol. The van der Waals surface area contributed by atoms with Crippen molar-refractivity contribution in [3.8, 4) is 0 Å². The highest BCUT2D eigenvalue weighted by Crippen LogP contribution is 2.09.